The summed E-state index contributed by atoms with van der Waals surface area (Å²) in [6.45, 7) is 3.47. The van der Waals surface area contributed by atoms with Gasteiger partial charge >= 0.3 is 5.97 Å². The van der Waals surface area contributed by atoms with Crippen LogP contribution >= 0.6 is 0 Å². The summed E-state index contributed by atoms with van der Waals surface area (Å²) in [5.74, 6) is -1.22. The van der Waals surface area contributed by atoms with E-state index in [0.717, 1.165) is 21.7 Å². The molecule has 5 nitrogen and oxygen atoms in total. The zero-order valence-corrected chi connectivity index (χ0v) is 11.8. The Labute approximate surface area is 126 Å². The number of fused-ring (bicyclic) bond motifs is 3. The summed E-state index contributed by atoms with van der Waals surface area (Å²) < 4.78 is 4.85. The molecule has 22 heavy (non-hydrogen) atoms. The first-order chi connectivity index (χ1) is 10.6. The number of allylic oxidation sites excluding steroid dienone is 1. The average molecular weight is 294 g/mol. The largest absolute Gasteiger partial charge is 0.460 e. The Morgan fingerprint density at radius 3 is 3.00 bits per heavy atom. The molecule has 2 aliphatic rings. The number of Topliss-reactive ketones (excluding diaryl/α,β-unsaturated/α-hetero) is 1. The lowest BCUT2D eigenvalue weighted by Gasteiger charge is -2.11. The van der Waals surface area contributed by atoms with Gasteiger partial charge in [0.15, 0.2) is 11.8 Å². The Kier molecular flexibility index (Phi) is 3.56. The SMILES string of the molecule is C=CCOC(=O)C(N)C(=O)c1cc2c(c3c1=CC=C3)N=CC=2. The van der Waals surface area contributed by atoms with E-state index in [1.54, 1.807) is 12.3 Å². The Morgan fingerprint density at radius 1 is 1.41 bits per heavy atom. The molecule has 1 aromatic rings. The summed E-state index contributed by atoms with van der Waals surface area (Å²) in [4.78, 5) is 28.6. The third-order valence-corrected chi connectivity index (χ3v) is 3.54. The molecule has 5 heteroatoms. The van der Waals surface area contributed by atoms with Crippen molar-refractivity contribution in [3.05, 3.63) is 46.4 Å². The first-order valence-corrected chi connectivity index (χ1v) is 6.80. The van der Waals surface area contributed by atoms with Crippen LogP contribution < -0.4 is 16.2 Å². The van der Waals surface area contributed by atoms with E-state index in [2.05, 4.69) is 11.6 Å². The van der Waals surface area contributed by atoms with E-state index in [1.807, 2.05) is 24.3 Å². The minimum absolute atomic E-state index is 0.0252. The second-order valence-electron chi connectivity index (χ2n) is 4.92. The van der Waals surface area contributed by atoms with Crippen LogP contribution in [-0.4, -0.2) is 30.6 Å². The van der Waals surface area contributed by atoms with Crippen LogP contribution in [0, 0.1) is 0 Å². The predicted molar refractivity (Wildman–Crippen MR) is 85.3 cm³/mol. The number of benzene rings is 1. The van der Waals surface area contributed by atoms with Crippen molar-refractivity contribution in [2.45, 2.75) is 6.04 Å². The smallest absolute Gasteiger partial charge is 0.331 e. The number of carbonyl (C=O) groups is 2. The van der Waals surface area contributed by atoms with E-state index in [4.69, 9.17) is 10.5 Å². The first kappa shape index (κ1) is 14.2. The lowest BCUT2D eigenvalue weighted by Crippen LogP contribution is -2.42. The summed E-state index contributed by atoms with van der Waals surface area (Å²) in [6, 6.07) is 0.367. The van der Waals surface area contributed by atoms with Crippen LogP contribution in [0.15, 0.2) is 29.8 Å². The third kappa shape index (κ3) is 2.21. The number of hydrogen-bond acceptors (Lipinski definition) is 5. The van der Waals surface area contributed by atoms with E-state index < -0.39 is 17.8 Å². The average Bonchev–Trinajstić information content (AvgIpc) is 3.17. The fourth-order valence-electron chi connectivity index (χ4n) is 2.49. The van der Waals surface area contributed by atoms with Gasteiger partial charge in [-0.05, 0) is 17.4 Å². The van der Waals surface area contributed by atoms with Crippen molar-refractivity contribution in [3.63, 3.8) is 0 Å². The highest BCUT2D eigenvalue weighted by molar-refractivity contribution is 6.13. The molecule has 0 bridgehead atoms. The summed E-state index contributed by atoms with van der Waals surface area (Å²) in [6.07, 6.45) is 10.5. The number of rotatable bonds is 5. The number of ketones is 1. The van der Waals surface area contributed by atoms with Gasteiger partial charge in [0.25, 0.3) is 0 Å². The number of hydrogen-bond donors (Lipinski definition) is 1. The predicted octanol–water partition coefficient (Wildman–Crippen LogP) is 0.230. The van der Waals surface area contributed by atoms with Crippen LogP contribution in [0.1, 0.15) is 15.9 Å². The highest BCUT2D eigenvalue weighted by Crippen LogP contribution is 2.19. The maximum absolute atomic E-state index is 12.6. The van der Waals surface area contributed by atoms with Gasteiger partial charge in [-0.3, -0.25) is 9.79 Å². The molecule has 0 spiro atoms. The third-order valence-electron chi connectivity index (χ3n) is 3.54. The highest BCUT2D eigenvalue weighted by Gasteiger charge is 2.27. The van der Waals surface area contributed by atoms with Gasteiger partial charge in [-0.2, -0.15) is 0 Å². The monoisotopic (exact) mass is 294 g/mol. The number of esters is 1. The number of ether oxygens (including phenoxy) is 1. The number of carbonyl (C=O) groups excluding carboxylic acids is 2. The summed E-state index contributed by atoms with van der Waals surface area (Å²) in [5.41, 5.74) is 7.85. The van der Waals surface area contributed by atoms with Crippen molar-refractivity contribution >= 4 is 41.9 Å². The van der Waals surface area contributed by atoms with E-state index >= 15 is 0 Å². The lowest BCUT2D eigenvalue weighted by molar-refractivity contribution is -0.142. The van der Waals surface area contributed by atoms with Gasteiger partial charge < -0.3 is 10.5 Å². The van der Waals surface area contributed by atoms with Gasteiger partial charge in [-0.25, -0.2) is 4.79 Å². The molecule has 0 fully saturated rings. The second kappa shape index (κ2) is 5.54. The van der Waals surface area contributed by atoms with E-state index in [1.165, 1.54) is 6.08 Å². The molecule has 0 amide bonds. The minimum Gasteiger partial charge on any atom is -0.460 e. The molecule has 0 saturated carbocycles. The molecule has 1 atom stereocenters. The molecule has 110 valence electrons. The molecule has 1 aromatic carbocycles. The van der Waals surface area contributed by atoms with Crippen LogP contribution in [-0.2, 0) is 9.53 Å². The Bertz CT molecular complexity index is 863. The molecule has 1 heterocycles. The topological polar surface area (TPSA) is 81.8 Å². The van der Waals surface area contributed by atoms with Gasteiger partial charge in [-0.1, -0.05) is 30.9 Å². The molecule has 2 N–H and O–H groups in total. The zero-order chi connectivity index (χ0) is 15.7. The van der Waals surface area contributed by atoms with Crippen LogP contribution in [0.25, 0.3) is 18.2 Å². The maximum atomic E-state index is 12.6. The summed E-state index contributed by atoms with van der Waals surface area (Å²) in [5, 5.41) is 1.58. The highest BCUT2D eigenvalue weighted by atomic mass is 16.5. The Balaban J connectivity index is 2.01. The second-order valence-corrected chi connectivity index (χ2v) is 4.92. The van der Waals surface area contributed by atoms with Crippen molar-refractivity contribution < 1.29 is 14.3 Å². The van der Waals surface area contributed by atoms with E-state index in [0.29, 0.717) is 5.56 Å². The molecule has 1 unspecified atom stereocenters. The van der Waals surface area contributed by atoms with Crippen molar-refractivity contribution in [3.8, 4) is 0 Å². The zero-order valence-electron chi connectivity index (χ0n) is 11.8. The quantitative estimate of drug-likeness (QED) is 0.365. The van der Waals surface area contributed by atoms with Gasteiger partial charge in [0, 0.05) is 22.6 Å². The number of nitrogens with two attached hydrogens (primary N) is 1. The lowest BCUT2D eigenvalue weighted by atomic mass is 9.98. The van der Waals surface area contributed by atoms with Gasteiger partial charge in [0.2, 0.25) is 0 Å². The van der Waals surface area contributed by atoms with E-state index in [9.17, 15) is 9.59 Å². The fourth-order valence-corrected chi connectivity index (χ4v) is 2.49. The fraction of sp³-hybridized carbons (Fsp3) is 0.118. The minimum atomic E-state index is -1.35. The maximum Gasteiger partial charge on any atom is 0.331 e. The summed E-state index contributed by atoms with van der Waals surface area (Å²) in [7, 11) is 0. The normalized spacial score (nSPS) is 14.6. The standard InChI is InChI=1S/C17H14N2O3/c1-2-8-22-17(21)14(18)16(20)13-9-10-6-7-19-15(10)12-5-3-4-11(12)13/h2-7,9,14H,1,8,18H2. The molecule has 0 saturated heterocycles. The number of aliphatic imine (C=N–C) groups is 1. The molecule has 3 rings (SSSR count). The molecular weight excluding hydrogens is 280 g/mol. The van der Waals surface area contributed by atoms with Gasteiger partial charge in [0.1, 0.15) is 6.61 Å². The van der Waals surface area contributed by atoms with Crippen molar-refractivity contribution in [1.29, 1.82) is 0 Å². The van der Waals surface area contributed by atoms with E-state index in [-0.39, 0.29) is 6.61 Å². The molecule has 1 aliphatic carbocycles. The molecular formula is C17H14N2O3. The Morgan fingerprint density at radius 2 is 2.23 bits per heavy atom. The van der Waals surface area contributed by atoms with Crippen LogP contribution in [0.2, 0.25) is 0 Å². The van der Waals surface area contributed by atoms with Crippen LogP contribution in [0.3, 0.4) is 0 Å². The number of nitrogens with zero attached hydrogens (tertiary/aromatic N) is 1. The molecule has 0 radical (unpaired) electrons. The van der Waals surface area contributed by atoms with Crippen LogP contribution in [0.5, 0.6) is 0 Å². The van der Waals surface area contributed by atoms with Crippen molar-refractivity contribution in [2.75, 3.05) is 6.61 Å². The van der Waals surface area contributed by atoms with Gasteiger partial charge in [0.05, 0.1) is 5.69 Å². The Hall–Kier alpha value is -2.79. The van der Waals surface area contributed by atoms with Gasteiger partial charge in [-0.15, -0.1) is 0 Å². The first-order valence-electron chi connectivity index (χ1n) is 6.80. The van der Waals surface area contributed by atoms with Crippen LogP contribution in [0.4, 0.5) is 5.69 Å². The molecule has 0 aromatic heterocycles. The molecule has 1 aliphatic heterocycles. The summed E-state index contributed by atoms with van der Waals surface area (Å²) >= 11 is 0. The van der Waals surface area contributed by atoms with Crippen molar-refractivity contribution in [2.24, 2.45) is 10.7 Å². The van der Waals surface area contributed by atoms with Crippen molar-refractivity contribution in [1.82, 2.24) is 0 Å².